The molecule has 0 bridgehead atoms. The van der Waals surface area contributed by atoms with Gasteiger partial charge in [-0.3, -0.25) is 4.55 Å². The van der Waals surface area contributed by atoms with Crippen molar-refractivity contribution < 1.29 is 17.7 Å². The molecule has 0 aliphatic rings. The molecule has 7 heteroatoms. The van der Waals surface area contributed by atoms with Crippen molar-refractivity contribution in [3.63, 3.8) is 0 Å². The van der Waals surface area contributed by atoms with E-state index >= 15 is 0 Å². The van der Waals surface area contributed by atoms with Crippen LogP contribution in [0.3, 0.4) is 0 Å². The van der Waals surface area contributed by atoms with Crippen molar-refractivity contribution >= 4 is 21.4 Å². The Balaban J connectivity index is 2.19. The van der Waals surface area contributed by atoms with Gasteiger partial charge in [0.2, 0.25) is 5.70 Å². The summed E-state index contributed by atoms with van der Waals surface area (Å²) < 4.78 is 35.4. The zero-order valence-corrected chi connectivity index (χ0v) is 15.5. The molecular formula is C20H18N2O4S. The Kier molecular flexibility index (Phi) is 6.73. The van der Waals surface area contributed by atoms with Gasteiger partial charge in [0.05, 0.1) is 30.6 Å². The molecule has 0 fully saturated rings. The number of aryl methyl sites for hydroxylation is 1. The maximum atomic E-state index is 10.7. The van der Waals surface area contributed by atoms with Gasteiger partial charge >= 0.3 is 0 Å². The summed E-state index contributed by atoms with van der Waals surface area (Å²) in [6.45, 7) is 9.56. The maximum absolute atomic E-state index is 10.7. The summed E-state index contributed by atoms with van der Waals surface area (Å²) in [7, 11) is -3.99. The van der Waals surface area contributed by atoms with Crippen molar-refractivity contribution in [1.29, 1.82) is 5.26 Å². The molecule has 6 nitrogen and oxygen atoms in total. The Morgan fingerprint density at radius 1 is 1.15 bits per heavy atom. The molecule has 0 aliphatic carbocycles. The molecule has 0 saturated carbocycles. The molecule has 2 aromatic carbocycles. The van der Waals surface area contributed by atoms with Crippen molar-refractivity contribution in [3.8, 4) is 11.8 Å². The lowest BCUT2D eigenvalue weighted by Gasteiger charge is -2.08. The molecule has 1 N–H and O–H groups in total. The minimum Gasteiger partial charge on any atom is -0.494 e. The zero-order valence-electron chi connectivity index (χ0n) is 14.7. The number of ether oxygens (including phenoxy) is 1. The third-order valence-corrected chi connectivity index (χ3v) is 4.55. The monoisotopic (exact) mass is 382 g/mol. The van der Waals surface area contributed by atoms with Crippen LogP contribution >= 0.6 is 0 Å². The topological polar surface area (TPSA) is 91.8 Å². The highest BCUT2D eigenvalue weighted by molar-refractivity contribution is 7.85. The van der Waals surface area contributed by atoms with Crippen LogP contribution in [-0.4, -0.2) is 25.3 Å². The highest BCUT2D eigenvalue weighted by Crippen LogP contribution is 2.28. The van der Waals surface area contributed by atoms with E-state index in [0.717, 1.165) is 5.56 Å². The van der Waals surface area contributed by atoms with Crippen LogP contribution in [0.25, 0.3) is 16.1 Å². The first kappa shape index (κ1) is 20.2. The third-order valence-electron chi connectivity index (χ3n) is 3.74. The molecule has 0 radical (unpaired) electrons. The first-order chi connectivity index (χ1) is 12.8. The molecule has 0 saturated heterocycles. The van der Waals surface area contributed by atoms with Crippen LogP contribution in [0.5, 0.6) is 5.75 Å². The van der Waals surface area contributed by atoms with Crippen LogP contribution in [0.1, 0.15) is 23.1 Å². The number of allylic oxidation sites excluding steroid dienone is 1. The second-order valence-electron chi connectivity index (χ2n) is 5.83. The number of hydrogen-bond acceptors (Lipinski definition) is 4. The second-order valence-corrected chi connectivity index (χ2v) is 7.40. The Hall–Kier alpha value is -3.13. The molecule has 0 aliphatic heterocycles. The fourth-order valence-electron chi connectivity index (χ4n) is 2.38. The van der Waals surface area contributed by atoms with Gasteiger partial charge < -0.3 is 4.74 Å². The molecule has 138 valence electrons. The van der Waals surface area contributed by atoms with Crippen LogP contribution in [0, 0.1) is 24.8 Å². The van der Waals surface area contributed by atoms with Crippen molar-refractivity contribution in [1.82, 2.24) is 0 Å². The van der Waals surface area contributed by atoms with Gasteiger partial charge in [0.15, 0.2) is 0 Å². The summed E-state index contributed by atoms with van der Waals surface area (Å²) in [5.41, 5.74) is 2.88. The van der Waals surface area contributed by atoms with Gasteiger partial charge in [-0.2, -0.15) is 13.7 Å². The lowest BCUT2D eigenvalue weighted by atomic mass is 10.00. The highest BCUT2D eigenvalue weighted by atomic mass is 32.2. The summed E-state index contributed by atoms with van der Waals surface area (Å²) in [4.78, 5) is 3.53. The molecule has 2 aromatic rings. The van der Waals surface area contributed by atoms with E-state index in [1.165, 1.54) is 0 Å². The Labute approximate surface area is 158 Å². The van der Waals surface area contributed by atoms with E-state index < -0.39 is 10.1 Å². The van der Waals surface area contributed by atoms with Gasteiger partial charge in [-0.15, -0.1) is 0 Å². The quantitative estimate of drug-likeness (QED) is 0.257. The number of benzene rings is 2. The molecule has 0 heterocycles. The largest absolute Gasteiger partial charge is 0.494 e. The van der Waals surface area contributed by atoms with Crippen LogP contribution in [0.2, 0.25) is 0 Å². The fraction of sp³-hybridized carbons (Fsp3) is 0.200. The molecule has 0 aromatic heterocycles. The van der Waals surface area contributed by atoms with Crippen LogP contribution in [0.15, 0.2) is 48.5 Å². The molecule has 2 rings (SSSR count). The van der Waals surface area contributed by atoms with Gasteiger partial charge in [0.25, 0.3) is 10.1 Å². The van der Waals surface area contributed by atoms with E-state index in [1.54, 1.807) is 24.3 Å². The van der Waals surface area contributed by atoms with E-state index in [0.29, 0.717) is 22.4 Å². The maximum Gasteiger partial charge on any atom is 0.264 e. The fourth-order valence-corrected chi connectivity index (χ4v) is 2.86. The predicted octanol–water partition coefficient (Wildman–Crippen LogP) is 3.96. The van der Waals surface area contributed by atoms with Crippen molar-refractivity contribution in [2.45, 2.75) is 13.3 Å². The Morgan fingerprint density at radius 3 is 2.26 bits per heavy atom. The average Bonchev–Trinajstić information content (AvgIpc) is 2.64. The van der Waals surface area contributed by atoms with Crippen LogP contribution in [-0.2, 0) is 10.1 Å². The average molecular weight is 382 g/mol. The van der Waals surface area contributed by atoms with E-state index in [-0.39, 0.29) is 24.5 Å². The Bertz CT molecular complexity index is 1010. The predicted molar refractivity (Wildman–Crippen MR) is 103 cm³/mol. The van der Waals surface area contributed by atoms with Crippen molar-refractivity contribution in [2.24, 2.45) is 0 Å². The lowest BCUT2D eigenvalue weighted by Crippen LogP contribution is -2.08. The number of nitrogens with zero attached hydrogens (tertiary/aromatic N) is 2. The SMILES string of the molecule is [C-]#[N+]/C(=C(/C#N)c1ccc(C)cc1)c1ccc(OCCCS(=O)(=O)O)cc1. The lowest BCUT2D eigenvalue weighted by molar-refractivity contribution is 0.316. The van der Waals surface area contributed by atoms with Gasteiger partial charge in [0.1, 0.15) is 5.75 Å². The standard InChI is InChI=1S/C20H18N2O4S/c1-15-4-6-16(7-5-15)19(14-21)20(22-2)17-8-10-18(11-9-17)26-12-3-13-27(23,24)25/h4-11H,3,12-13H2,1H3,(H,23,24,25)/b20-19-. The van der Waals surface area contributed by atoms with E-state index in [1.807, 2.05) is 31.2 Å². The number of hydrogen-bond donors (Lipinski definition) is 1. The van der Waals surface area contributed by atoms with Gasteiger partial charge in [-0.25, -0.2) is 4.85 Å². The normalized spacial score (nSPS) is 11.9. The molecule has 0 spiro atoms. The van der Waals surface area contributed by atoms with Crippen molar-refractivity contribution in [3.05, 3.63) is 76.6 Å². The first-order valence-electron chi connectivity index (χ1n) is 8.11. The van der Waals surface area contributed by atoms with Gasteiger partial charge in [0, 0.05) is 0 Å². The van der Waals surface area contributed by atoms with Crippen LogP contribution in [0.4, 0.5) is 0 Å². The minimum atomic E-state index is -3.99. The smallest absolute Gasteiger partial charge is 0.264 e. The summed E-state index contributed by atoms with van der Waals surface area (Å²) in [5.74, 6) is 0.143. The van der Waals surface area contributed by atoms with Crippen LogP contribution < -0.4 is 4.74 Å². The van der Waals surface area contributed by atoms with Crippen molar-refractivity contribution in [2.75, 3.05) is 12.4 Å². The molecule has 0 unspecified atom stereocenters. The second kappa shape index (κ2) is 9.00. The zero-order chi connectivity index (χ0) is 19.9. The summed E-state index contributed by atoms with van der Waals surface area (Å²) in [5, 5.41) is 9.53. The molecule has 27 heavy (non-hydrogen) atoms. The Morgan fingerprint density at radius 2 is 1.74 bits per heavy atom. The van der Waals surface area contributed by atoms with E-state index in [9.17, 15) is 13.7 Å². The van der Waals surface area contributed by atoms with E-state index in [4.69, 9.17) is 15.9 Å². The summed E-state index contributed by atoms with van der Waals surface area (Å²) in [6.07, 6.45) is 0.166. The molecule has 0 atom stereocenters. The summed E-state index contributed by atoms with van der Waals surface area (Å²) >= 11 is 0. The van der Waals surface area contributed by atoms with Gasteiger partial charge in [-0.1, -0.05) is 42.0 Å². The third kappa shape index (κ3) is 5.96. The van der Waals surface area contributed by atoms with Gasteiger partial charge in [-0.05, 0) is 36.6 Å². The van der Waals surface area contributed by atoms with E-state index in [2.05, 4.69) is 10.9 Å². The summed E-state index contributed by atoms with van der Waals surface area (Å²) in [6, 6.07) is 16.2. The molecular weight excluding hydrogens is 364 g/mol. The number of nitriles is 1. The minimum absolute atomic E-state index is 0.136. The molecule has 0 amide bonds. The number of rotatable bonds is 7. The first-order valence-corrected chi connectivity index (χ1v) is 9.72. The highest BCUT2D eigenvalue weighted by Gasteiger charge is 2.12.